The number of likely N-dealkylation sites (tertiary alicyclic amines) is 1. The Morgan fingerprint density at radius 3 is 2.52 bits per heavy atom. The molecular weight excluding hydrogens is 402 g/mol. The third kappa shape index (κ3) is 3.67. The quantitative estimate of drug-likeness (QED) is 0.473. The normalized spacial score (nSPS) is 34.4. The van der Waals surface area contributed by atoms with Crippen molar-refractivity contribution < 1.29 is 4.79 Å². The molecule has 5 heteroatoms. The highest BCUT2D eigenvalue weighted by molar-refractivity contribution is 8.00. The minimum absolute atomic E-state index is 0.181. The van der Waals surface area contributed by atoms with Crippen LogP contribution in [0.2, 0.25) is 0 Å². The Bertz CT molecular complexity index is 970. The molecule has 0 radical (unpaired) electrons. The number of amides is 1. The van der Waals surface area contributed by atoms with Crippen molar-refractivity contribution in [2.24, 2.45) is 23.7 Å². The van der Waals surface area contributed by atoms with Crippen LogP contribution in [0.15, 0.2) is 29.3 Å². The molecule has 0 spiro atoms. The maximum Gasteiger partial charge on any atom is 0.232 e. The fourth-order valence-corrected chi connectivity index (χ4v) is 8.34. The zero-order valence-electron chi connectivity index (χ0n) is 18.6. The van der Waals surface area contributed by atoms with E-state index in [4.69, 9.17) is 9.97 Å². The summed E-state index contributed by atoms with van der Waals surface area (Å²) in [5.41, 5.74) is 1.23. The molecule has 2 aromatic rings. The second kappa shape index (κ2) is 7.75. The SMILES string of the molecule is CC1CCCN(C(=O)CSc2nc(C34CC5CC(CC(C5)C3)C4)nc3ccccc23)C1. The Hall–Kier alpha value is -1.62. The lowest BCUT2D eigenvalue weighted by Gasteiger charge is -2.56. The smallest absolute Gasteiger partial charge is 0.232 e. The standard InChI is InChI=1S/C26H33N3OS/c1-17-5-4-8-29(15-17)23(30)16-31-24-21-6-2-3-7-22(21)27-25(28-24)26-12-18-9-19(13-26)11-20(10-18)14-26/h2-3,6-7,17-20H,4-5,8-16H2,1H3. The molecule has 164 valence electrons. The number of aromatic nitrogens is 2. The highest BCUT2D eigenvalue weighted by atomic mass is 32.2. The number of thioether (sulfide) groups is 1. The third-order valence-electron chi connectivity index (χ3n) is 8.42. The van der Waals surface area contributed by atoms with Crippen LogP contribution in [0.4, 0.5) is 0 Å². The fraction of sp³-hybridized carbons (Fsp3) is 0.654. The average Bonchev–Trinajstić information content (AvgIpc) is 2.76. The summed E-state index contributed by atoms with van der Waals surface area (Å²) >= 11 is 1.63. The van der Waals surface area contributed by atoms with Gasteiger partial charge in [0.05, 0.1) is 11.3 Å². The van der Waals surface area contributed by atoms with Crippen LogP contribution in [0.1, 0.15) is 64.1 Å². The van der Waals surface area contributed by atoms with Gasteiger partial charge in [-0.1, -0.05) is 36.9 Å². The van der Waals surface area contributed by atoms with Gasteiger partial charge in [-0.3, -0.25) is 4.79 Å². The minimum Gasteiger partial charge on any atom is -0.342 e. The van der Waals surface area contributed by atoms with Gasteiger partial charge in [-0.05, 0) is 81.1 Å². The summed E-state index contributed by atoms with van der Waals surface area (Å²) in [7, 11) is 0. The van der Waals surface area contributed by atoms with Crippen LogP contribution in [-0.2, 0) is 10.2 Å². The van der Waals surface area contributed by atoms with Gasteiger partial charge in [-0.15, -0.1) is 0 Å². The monoisotopic (exact) mass is 435 g/mol. The lowest BCUT2D eigenvalue weighted by molar-refractivity contribution is -0.130. The van der Waals surface area contributed by atoms with E-state index in [-0.39, 0.29) is 11.3 Å². The van der Waals surface area contributed by atoms with Gasteiger partial charge in [0.2, 0.25) is 5.91 Å². The van der Waals surface area contributed by atoms with E-state index in [1.807, 2.05) is 0 Å². The molecule has 4 saturated carbocycles. The van der Waals surface area contributed by atoms with E-state index in [9.17, 15) is 4.79 Å². The molecule has 31 heavy (non-hydrogen) atoms. The maximum absolute atomic E-state index is 12.9. The van der Waals surface area contributed by atoms with Gasteiger partial charge in [-0.2, -0.15) is 0 Å². The first-order chi connectivity index (χ1) is 15.1. The van der Waals surface area contributed by atoms with Crippen molar-refractivity contribution in [1.29, 1.82) is 0 Å². The summed E-state index contributed by atoms with van der Waals surface area (Å²) in [6.45, 7) is 4.07. The number of piperidine rings is 1. The largest absolute Gasteiger partial charge is 0.342 e. The first kappa shape index (κ1) is 20.0. The third-order valence-corrected chi connectivity index (χ3v) is 9.40. The molecule has 1 aliphatic heterocycles. The number of carbonyl (C=O) groups is 1. The van der Waals surface area contributed by atoms with Gasteiger partial charge in [0.25, 0.3) is 0 Å². The fourth-order valence-electron chi connectivity index (χ4n) is 7.42. The summed E-state index contributed by atoms with van der Waals surface area (Å²) in [4.78, 5) is 25.3. The van der Waals surface area contributed by atoms with E-state index in [2.05, 4.69) is 36.1 Å². The lowest BCUT2D eigenvalue weighted by Crippen LogP contribution is -2.49. The Labute approximate surface area is 189 Å². The highest BCUT2D eigenvalue weighted by Crippen LogP contribution is 2.60. The summed E-state index contributed by atoms with van der Waals surface area (Å²) in [6.07, 6.45) is 10.5. The predicted octanol–water partition coefficient (Wildman–Crippen LogP) is 5.45. The molecule has 5 aliphatic rings. The number of carbonyl (C=O) groups excluding carboxylic acids is 1. The number of para-hydroxylation sites is 1. The summed E-state index contributed by atoms with van der Waals surface area (Å²) in [6, 6.07) is 8.38. The van der Waals surface area contributed by atoms with Gasteiger partial charge < -0.3 is 4.90 Å². The summed E-state index contributed by atoms with van der Waals surface area (Å²) in [5.74, 6) is 5.06. The van der Waals surface area contributed by atoms with Crippen molar-refractivity contribution in [1.82, 2.24) is 14.9 Å². The van der Waals surface area contributed by atoms with Gasteiger partial charge in [-0.25, -0.2) is 9.97 Å². The number of benzene rings is 1. The number of fused-ring (bicyclic) bond motifs is 1. The molecule has 4 bridgehead atoms. The van der Waals surface area contributed by atoms with E-state index in [0.717, 1.165) is 59.0 Å². The van der Waals surface area contributed by atoms with E-state index >= 15 is 0 Å². The minimum atomic E-state index is 0.181. The van der Waals surface area contributed by atoms with Gasteiger partial charge in [0.15, 0.2) is 0 Å². The zero-order chi connectivity index (χ0) is 21.0. The highest BCUT2D eigenvalue weighted by Gasteiger charge is 2.53. The molecular formula is C26H33N3OS. The second-order valence-corrected chi connectivity index (χ2v) is 11.9. The Morgan fingerprint density at radius 1 is 1.10 bits per heavy atom. The molecule has 2 heterocycles. The molecule has 4 aliphatic carbocycles. The number of hydrogen-bond donors (Lipinski definition) is 0. The lowest BCUT2D eigenvalue weighted by atomic mass is 9.49. The molecule has 1 atom stereocenters. The Balaban J connectivity index is 1.30. The van der Waals surface area contributed by atoms with Crippen molar-refractivity contribution in [3.63, 3.8) is 0 Å². The first-order valence-corrected chi connectivity index (χ1v) is 13.2. The van der Waals surface area contributed by atoms with Crippen LogP contribution >= 0.6 is 11.8 Å². The topological polar surface area (TPSA) is 46.1 Å². The van der Waals surface area contributed by atoms with Crippen LogP contribution in [0.5, 0.6) is 0 Å². The Morgan fingerprint density at radius 2 is 1.81 bits per heavy atom. The predicted molar refractivity (Wildman–Crippen MR) is 125 cm³/mol. The molecule has 1 aromatic heterocycles. The van der Waals surface area contributed by atoms with Gasteiger partial charge in [0, 0.05) is 23.9 Å². The van der Waals surface area contributed by atoms with Crippen molar-refractivity contribution in [3.8, 4) is 0 Å². The molecule has 0 N–H and O–H groups in total. The van der Waals surface area contributed by atoms with Crippen molar-refractivity contribution in [2.75, 3.05) is 18.8 Å². The molecule has 7 rings (SSSR count). The van der Waals surface area contributed by atoms with Gasteiger partial charge >= 0.3 is 0 Å². The van der Waals surface area contributed by atoms with Gasteiger partial charge in [0.1, 0.15) is 10.9 Å². The maximum atomic E-state index is 12.9. The van der Waals surface area contributed by atoms with Crippen LogP contribution in [-0.4, -0.2) is 39.6 Å². The summed E-state index contributed by atoms with van der Waals surface area (Å²) < 4.78 is 0. The van der Waals surface area contributed by atoms with Crippen molar-refractivity contribution in [2.45, 2.75) is 68.7 Å². The van der Waals surface area contributed by atoms with Crippen LogP contribution in [0, 0.1) is 23.7 Å². The number of hydrogen-bond acceptors (Lipinski definition) is 4. The Kier molecular flexibility index (Phi) is 5.01. The van der Waals surface area contributed by atoms with E-state index in [0.29, 0.717) is 11.7 Å². The zero-order valence-corrected chi connectivity index (χ0v) is 19.4. The second-order valence-electron chi connectivity index (χ2n) is 10.9. The molecule has 1 aromatic carbocycles. The molecule has 1 amide bonds. The first-order valence-electron chi connectivity index (χ1n) is 12.3. The van der Waals surface area contributed by atoms with Crippen LogP contribution in [0.25, 0.3) is 10.9 Å². The van der Waals surface area contributed by atoms with Crippen LogP contribution in [0.3, 0.4) is 0 Å². The van der Waals surface area contributed by atoms with Crippen molar-refractivity contribution in [3.05, 3.63) is 30.1 Å². The average molecular weight is 436 g/mol. The van der Waals surface area contributed by atoms with Crippen LogP contribution < -0.4 is 0 Å². The van der Waals surface area contributed by atoms with E-state index < -0.39 is 0 Å². The van der Waals surface area contributed by atoms with Crippen molar-refractivity contribution >= 4 is 28.6 Å². The van der Waals surface area contributed by atoms with E-state index in [1.165, 1.54) is 44.9 Å². The van der Waals surface area contributed by atoms with E-state index in [1.54, 1.807) is 11.8 Å². The molecule has 4 nitrogen and oxygen atoms in total. The summed E-state index contributed by atoms with van der Waals surface area (Å²) in [5, 5.41) is 2.11. The molecule has 1 saturated heterocycles. The molecule has 5 fully saturated rings. The number of rotatable bonds is 4. The number of nitrogens with zero attached hydrogens (tertiary/aromatic N) is 3. The molecule has 1 unspecified atom stereocenters.